The van der Waals surface area contributed by atoms with Crippen molar-refractivity contribution in [2.45, 2.75) is 32.1 Å². The molecule has 6 heteroatoms. The maximum Gasteiger partial charge on any atom is 0.253 e. The normalized spacial score (nSPS) is 24.9. The molecule has 0 spiro atoms. The molecule has 1 aliphatic heterocycles. The van der Waals surface area contributed by atoms with Crippen LogP contribution in [0, 0.1) is 11.8 Å². The van der Waals surface area contributed by atoms with Crippen molar-refractivity contribution in [2.75, 3.05) is 26.8 Å². The van der Waals surface area contributed by atoms with E-state index in [4.69, 9.17) is 4.74 Å². The highest BCUT2D eigenvalue weighted by atomic mass is 16.5. The molecule has 22 heavy (non-hydrogen) atoms. The molecule has 0 unspecified atom stereocenters. The Kier molecular flexibility index (Phi) is 6.12. The first-order valence-corrected chi connectivity index (χ1v) is 7.92. The van der Waals surface area contributed by atoms with Crippen molar-refractivity contribution >= 4 is 17.7 Å². The van der Waals surface area contributed by atoms with E-state index in [1.165, 1.54) is 17.1 Å². The summed E-state index contributed by atoms with van der Waals surface area (Å²) in [4.78, 5) is 36.4. The fourth-order valence-corrected chi connectivity index (χ4v) is 3.05. The summed E-state index contributed by atoms with van der Waals surface area (Å²) in [5.74, 6) is 0.0443. The molecule has 2 rings (SSSR count). The standard InChI is InChI=1S/C16H24N2O4/c1-22-10-2-9-17-16(21)13-5-3-12(4-6-13)11-18-14(19)7-8-15(18)20/h7-8,12-13H,2-6,9-11H2,1H3,(H,17,21). The zero-order valence-corrected chi connectivity index (χ0v) is 13.0. The van der Waals surface area contributed by atoms with E-state index < -0.39 is 0 Å². The van der Waals surface area contributed by atoms with Crippen LogP contribution in [0.3, 0.4) is 0 Å². The van der Waals surface area contributed by atoms with Gasteiger partial charge >= 0.3 is 0 Å². The number of carbonyl (C=O) groups excluding carboxylic acids is 3. The Morgan fingerprint density at radius 2 is 1.86 bits per heavy atom. The number of nitrogens with zero attached hydrogens (tertiary/aromatic N) is 1. The second kappa shape index (κ2) is 8.08. The summed E-state index contributed by atoms with van der Waals surface area (Å²) in [7, 11) is 1.65. The van der Waals surface area contributed by atoms with Gasteiger partial charge in [-0.25, -0.2) is 0 Å². The summed E-state index contributed by atoms with van der Waals surface area (Å²) >= 11 is 0. The van der Waals surface area contributed by atoms with Gasteiger partial charge in [0.2, 0.25) is 5.91 Å². The Labute approximate surface area is 130 Å². The minimum absolute atomic E-state index is 0.0573. The van der Waals surface area contributed by atoms with Crippen LogP contribution in [0.25, 0.3) is 0 Å². The minimum atomic E-state index is -0.219. The molecule has 0 aromatic heterocycles. The van der Waals surface area contributed by atoms with Gasteiger partial charge in [-0.3, -0.25) is 19.3 Å². The zero-order chi connectivity index (χ0) is 15.9. The monoisotopic (exact) mass is 308 g/mol. The fraction of sp³-hybridized carbons (Fsp3) is 0.688. The largest absolute Gasteiger partial charge is 0.385 e. The van der Waals surface area contributed by atoms with Crippen molar-refractivity contribution < 1.29 is 19.1 Å². The van der Waals surface area contributed by atoms with Crippen LogP contribution < -0.4 is 5.32 Å². The Balaban J connectivity index is 1.68. The highest BCUT2D eigenvalue weighted by molar-refractivity contribution is 6.12. The topological polar surface area (TPSA) is 75.7 Å². The van der Waals surface area contributed by atoms with E-state index in [1.807, 2.05) is 0 Å². The summed E-state index contributed by atoms with van der Waals surface area (Å²) in [6.45, 7) is 1.78. The van der Waals surface area contributed by atoms with Gasteiger partial charge in [0.05, 0.1) is 0 Å². The summed E-state index contributed by atoms with van der Waals surface area (Å²) in [5, 5.41) is 2.94. The van der Waals surface area contributed by atoms with Gasteiger partial charge in [-0.15, -0.1) is 0 Å². The van der Waals surface area contributed by atoms with Gasteiger partial charge in [0.15, 0.2) is 0 Å². The SMILES string of the molecule is COCCCNC(=O)C1CCC(CN2C(=O)C=CC2=O)CC1. The van der Waals surface area contributed by atoms with Gasteiger partial charge in [0.1, 0.15) is 0 Å². The molecular formula is C16H24N2O4. The van der Waals surface area contributed by atoms with Crippen molar-refractivity contribution in [3.8, 4) is 0 Å². The quantitative estimate of drug-likeness (QED) is 0.559. The third kappa shape index (κ3) is 4.40. The highest BCUT2D eigenvalue weighted by Gasteiger charge is 2.30. The van der Waals surface area contributed by atoms with Crippen LogP contribution in [-0.2, 0) is 19.1 Å². The lowest BCUT2D eigenvalue weighted by Gasteiger charge is -2.30. The fourth-order valence-electron chi connectivity index (χ4n) is 3.05. The van der Waals surface area contributed by atoms with E-state index in [0.717, 1.165) is 32.1 Å². The molecule has 1 saturated carbocycles. The van der Waals surface area contributed by atoms with Gasteiger partial charge in [-0.2, -0.15) is 0 Å². The summed E-state index contributed by atoms with van der Waals surface area (Å²) < 4.78 is 4.95. The number of imide groups is 1. The number of methoxy groups -OCH3 is 1. The number of rotatable bonds is 7. The van der Waals surface area contributed by atoms with Crippen LogP contribution in [-0.4, -0.2) is 49.4 Å². The van der Waals surface area contributed by atoms with E-state index >= 15 is 0 Å². The van der Waals surface area contributed by atoms with Crippen LogP contribution in [0.1, 0.15) is 32.1 Å². The maximum atomic E-state index is 12.0. The second-order valence-electron chi connectivity index (χ2n) is 5.98. The molecule has 1 aliphatic carbocycles. The van der Waals surface area contributed by atoms with Crippen molar-refractivity contribution in [1.82, 2.24) is 10.2 Å². The van der Waals surface area contributed by atoms with E-state index in [-0.39, 0.29) is 23.6 Å². The number of amides is 3. The van der Waals surface area contributed by atoms with Crippen LogP contribution in [0.4, 0.5) is 0 Å². The van der Waals surface area contributed by atoms with Crippen molar-refractivity contribution in [3.63, 3.8) is 0 Å². The third-order valence-electron chi connectivity index (χ3n) is 4.38. The summed E-state index contributed by atoms with van der Waals surface area (Å²) in [5.41, 5.74) is 0. The summed E-state index contributed by atoms with van der Waals surface area (Å²) in [6, 6.07) is 0. The number of ether oxygens (including phenoxy) is 1. The number of nitrogens with one attached hydrogen (secondary N) is 1. The molecule has 0 atom stereocenters. The lowest BCUT2D eigenvalue weighted by atomic mass is 9.81. The molecule has 1 fully saturated rings. The van der Waals surface area contributed by atoms with Gasteiger partial charge in [-0.1, -0.05) is 0 Å². The van der Waals surface area contributed by atoms with Crippen molar-refractivity contribution in [3.05, 3.63) is 12.2 Å². The first kappa shape index (κ1) is 16.7. The van der Waals surface area contributed by atoms with Gasteiger partial charge in [0, 0.05) is 44.9 Å². The molecule has 122 valence electrons. The molecule has 6 nitrogen and oxygen atoms in total. The van der Waals surface area contributed by atoms with E-state index in [1.54, 1.807) is 7.11 Å². The molecule has 0 aromatic rings. The molecule has 1 N–H and O–H groups in total. The van der Waals surface area contributed by atoms with Crippen LogP contribution in [0.15, 0.2) is 12.2 Å². The van der Waals surface area contributed by atoms with E-state index in [0.29, 0.717) is 25.6 Å². The van der Waals surface area contributed by atoms with Gasteiger partial charge < -0.3 is 10.1 Å². The Morgan fingerprint density at radius 1 is 1.23 bits per heavy atom. The van der Waals surface area contributed by atoms with Crippen LogP contribution in [0.2, 0.25) is 0 Å². The van der Waals surface area contributed by atoms with Crippen LogP contribution >= 0.6 is 0 Å². The predicted molar refractivity (Wildman–Crippen MR) is 80.8 cm³/mol. The predicted octanol–water partition coefficient (Wildman–Crippen LogP) is 0.870. The number of carbonyl (C=O) groups is 3. The molecule has 0 bridgehead atoms. The van der Waals surface area contributed by atoms with Gasteiger partial charge in [-0.05, 0) is 38.0 Å². The Morgan fingerprint density at radius 3 is 2.45 bits per heavy atom. The van der Waals surface area contributed by atoms with Crippen molar-refractivity contribution in [1.29, 1.82) is 0 Å². The summed E-state index contributed by atoms with van der Waals surface area (Å²) in [6.07, 6.45) is 6.88. The van der Waals surface area contributed by atoms with E-state index in [2.05, 4.69) is 5.32 Å². The maximum absolute atomic E-state index is 12.0. The molecule has 0 aromatic carbocycles. The first-order valence-electron chi connectivity index (χ1n) is 7.92. The smallest absolute Gasteiger partial charge is 0.253 e. The molecular weight excluding hydrogens is 284 g/mol. The zero-order valence-electron chi connectivity index (χ0n) is 13.0. The van der Waals surface area contributed by atoms with Gasteiger partial charge in [0.25, 0.3) is 11.8 Å². The Bertz CT molecular complexity index is 435. The van der Waals surface area contributed by atoms with Crippen LogP contribution in [0.5, 0.6) is 0 Å². The third-order valence-corrected chi connectivity index (χ3v) is 4.38. The number of hydrogen-bond donors (Lipinski definition) is 1. The minimum Gasteiger partial charge on any atom is -0.385 e. The van der Waals surface area contributed by atoms with E-state index in [9.17, 15) is 14.4 Å². The first-order chi connectivity index (χ1) is 10.6. The highest BCUT2D eigenvalue weighted by Crippen LogP contribution is 2.30. The lowest BCUT2D eigenvalue weighted by Crippen LogP contribution is -2.38. The number of hydrogen-bond acceptors (Lipinski definition) is 4. The molecule has 1 heterocycles. The van der Waals surface area contributed by atoms with Crippen molar-refractivity contribution in [2.24, 2.45) is 11.8 Å². The molecule has 0 saturated heterocycles. The average Bonchev–Trinajstić information content (AvgIpc) is 2.84. The second-order valence-corrected chi connectivity index (χ2v) is 5.98. The Hall–Kier alpha value is -1.69. The molecule has 0 radical (unpaired) electrons. The molecule has 3 amide bonds. The molecule has 2 aliphatic rings. The lowest BCUT2D eigenvalue weighted by molar-refractivity contribution is -0.138. The average molecular weight is 308 g/mol.